The van der Waals surface area contributed by atoms with E-state index in [0.717, 1.165) is 29.5 Å². The first-order valence-electron chi connectivity index (χ1n) is 7.10. The van der Waals surface area contributed by atoms with Crippen LogP contribution in [-0.2, 0) is 0 Å². The zero-order valence-electron chi connectivity index (χ0n) is 12.0. The van der Waals surface area contributed by atoms with E-state index in [2.05, 4.69) is 27.3 Å². The number of halogens is 4. The SMILES string of the molecule is N#Cc1ccc(NCC2CCN(CC(F)(F)F)CC2)c(Br)c1. The van der Waals surface area contributed by atoms with Gasteiger partial charge in [0.25, 0.3) is 0 Å². The van der Waals surface area contributed by atoms with Crippen molar-refractivity contribution in [3.05, 3.63) is 28.2 Å². The number of benzene rings is 1. The number of piperidine rings is 1. The molecule has 1 aromatic rings. The van der Waals surface area contributed by atoms with Gasteiger partial charge in [0.15, 0.2) is 0 Å². The Morgan fingerprint density at radius 2 is 2.00 bits per heavy atom. The molecule has 0 saturated carbocycles. The van der Waals surface area contributed by atoms with Crippen LogP contribution in [-0.4, -0.2) is 37.3 Å². The van der Waals surface area contributed by atoms with Crippen LogP contribution in [0.4, 0.5) is 18.9 Å². The van der Waals surface area contributed by atoms with E-state index in [0.29, 0.717) is 24.6 Å². The summed E-state index contributed by atoms with van der Waals surface area (Å²) in [6.45, 7) is 0.888. The van der Waals surface area contributed by atoms with Gasteiger partial charge in [0.2, 0.25) is 0 Å². The maximum absolute atomic E-state index is 12.3. The van der Waals surface area contributed by atoms with Crippen LogP contribution in [0.25, 0.3) is 0 Å². The van der Waals surface area contributed by atoms with Crippen LogP contribution in [0.5, 0.6) is 0 Å². The Kier molecular flexibility index (Phi) is 5.70. The van der Waals surface area contributed by atoms with Crippen LogP contribution >= 0.6 is 15.9 Å². The quantitative estimate of drug-likeness (QED) is 0.863. The fourth-order valence-corrected chi connectivity index (χ4v) is 3.10. The van der Waals surface area contributed by atoms with Gasteiger partial charge in [0.1, 0.15) is 0 Å². The average Bonchev–Trinajstić information content (AvgIpc) is 2.46. The molecule has 0 unspecified atom stereocenters. The summed E-state index contributed by atoms with van der Waals surface area (Å²) in [6.07, 6.45) is -2.59. The summed E-state index contributed by atoms with van der Waals surface area (Å²) >= 11 is 3.41. The third-order valence-electron chi connectivity index (χ3n) is 3.79. The highest BCUT2D eigenvalue weighted by atomic mass is 79.9. The van der Waals surface area contributed by atoms with Gasteiger partial charge in [-0.15, -0.1) is 0 Å². The number of rotatable bonds is 4. The lowest BCUT2D eigenvalue weighted by atomic mass is 9.96. The van der Waals surface area contributed by atoms with E-state index in [-0.39, 0.29) is 0 Å². The van der Waals surface area contributed by atoms with E-state index < -0.39 is 12.7 Å². The molecule has 0 spiro atoms. The molecule has 0 aliphatic carbocycles. The van der Waals surface area contributed by atoms with Gasteiger partial charge in [-0.3, -0.25) is 4.90 Å². The van der Waals surface area contributed by atoms with Gasteiger partial charge in [-0.2, -0.15) is 18.4 Å². The smallest absolute Gasteiger partial charge is 0.384 e. The molecule has 7 heteroatoms. The highest BCUT2D eigenvalue weighted by Crippen LogP contribution is 2.26. The predicted octanol–water partition coefficient (Wildman–Crippen LogP) is 4.01. The van der Waals surface area contributed by atoms with Crippen LogP contribution < -0.4 is 5.32 Å². The molecule has 120 valence electrons. The molecule has 1 aliphatic rings. The second-order valence-corrected chi connectivity index (χ2v) is 6.38. The van der Waals surface area contributed by atoms with Crippen molar-refractivity contribution in [2.24, 2.45) is 5.92 Å². The molecule has 1 aromatic carbocycles. The lowest BCUT2D eigenvalue weighted by Crippen LogP contribution is -2.41. The minimum absolute atomic E-state index is 0.368. The van der Waals surface area contributed by atoms with Crippen molar-refractivity contribution < 1.29 is 13.2 Å². The van der Waals surface area contributed by atoms with Crippen molar-refractivity contribution in [2.75, 3.05) is 31.5 Å². The summed E-state index contributed by atoms with van der Waals surface area (Å²) in [5.74, 6) is 0.368. The third-order valence-corrected chi connectivity index (χ3v) is 4.45. The van der Waals surface area contributed by atoms with E-state index in [1.165, 1.54) is 4.90 Å². The molecule has 0 atom stereocenters. The topological polar surface area (TPSA) is 39.1 Å². The summed E-state index contributed by atoms with van der Waals surface area (Å²) in [7, 11) is 0. The number of nitrogens with one attached hydrogen (secondary N) is 1. The van der Waals surface area contributed by atoms with E-state index in [4.69, 9.17) is 5.26 Å². The third kappa shape index (κ3) is 5.18. The van der Waals surface area contributed by atoms with E-state index >= 15 is 0 Å². The molecule has 1 aliphatic heterocycles. The molecule has 1 N–H and O–H groups in total. The Balaban J connectivity index is 1.79. The second-order valence-electron chi connectivity index (χ2n) is 5.52. The first-order valence-corrected chi connectivity index (χ1v) is 7.89. The minimum Gasteiger partial charge on any atom is -0.384 e. The molecule has 0 aromatic heterocycles. The molecule has 0 radical (unpaired) electrons. The molecular weight excluding hydrogens is 359 g/mol. The van der Waals surface area contributed by atoms with Gasteiger partial charge in [-0.25, -0.2) is 0 Å². The zero-order chi connectivity index (χ0) is 16.2. The van der Waals surface area contributed by atoms with Gasteiger partial charge < -0.3 is 5.32 Å². The van der Waals surface area contributed by atoms with Crippen LogP contribution in [0.15, 0.2) is 22.7 Å². The Morgan fingerprint density at radius 3 is 2.55 bits per heavy atom. The summed E-state index contributed by atoms with van der Waals surface area (Å²) in [5.41, 5.74) is 1.48. The highest BCUT2D eigenvalue weighted by Gasteiger charge is 2.32. The molecule has 1 fully saturated rings. The van der Waals surface area contributed by atoms with Gasteiger partial charge >= 0.3 is 6.18 Å². The normalized spacial score (nSPS) is 17.2. The number of likely N-dealkylation sites (tertiary alicyclic amines) is 1. The lowest BCUT2D eigenvalue weighted by molar-refractivity contribution is -0.148. The summed E-state index contributed by atoms with van der Waals surface area (Å²) in [5, 5.41) is 12.1. The van der Waals surface area contributed by atoms with E-state index in [9.17, 15) is 13.2 Å². The summed E-state index contributed by atoms with van der Waals surface area (Å²) < 4.78 is 37.8. The van der Waals surface area contributed by atoms with Crippen LogP contribution in [0, 0.1) is 17.2 Å². The van der Waals surface area contributed by atoms with E-state index in [1.54, 1.807) is 12.1 Å². The van der Waals surface area contributed by atoms with Crippen molar-refractivity contribution in [2.45, 2.75) is 19.0 Å². The van der Waals surface area contributed by atoms with Gasteiger partial charge in [0, 0.05) is 16.7 Å². The fourth-order valence-electron chi connectivity index (χ4n) is 2.58. The molecule has 1 heterocycles. The molecular formula is C15H17BrF3N3. The van der Waals surface area contributed by atoms with Gasteiger partial charge in [-0.1, -0.05) is 0 Å². The van der Waals surface area contributed by atoms with Crippen molar-refractivity contribution in [1.82, 2.24) is 4.90 Å². The standard InChI is InChI=1S/C15H17BrF3N3/c16-13-7-12(8-20)1-2-14(13)21-9-11-3-5-22(6-4-11)10-15(17,18)19/h1-2,7,11,21H,3-6,9-10H2. The van der Waals surface area contributed by atoms with Crippen molar-refractivity contribution in [3.63, 3.8) is 0 Å². The fraction of sp³-hybridized carbons (Fsp3) is 0.533. The Labute approximate surface area is 136 Å². The maximum Gasteiger partial charge on any atom is 0.401 e. The Hall–Kier alpha value is -1.26. The minimum atomic E-state index is -4.11. The first kappa shape index (κ1) is 17.1. The van der Waals surface area contributed by atoms with Gasteiger partial charge in [-0.05, 0) is 66.0 Å². The first-order chi connectivity index (χ1) is 10.4. The lowest BCUT2D eigenvalue weighted by Gasteiger charge is -2.32. The second kappa shape index (κ2) is 7.34. The molecule has 22 heavy (non-hydrogen) atoms. The largest absolute Gasteiger partial charge is 0.401 e. The molecule has 2 rings (SSSR count). The van der Waals surface area contributed by atoms with Crippen molar-refractivity contribution in [3.8, 4) is 6.07 Å². The average molecular weight is 376 g/mol. The Bertz CT molecular complexity index is 546. The van der Waals surface area contributed by atoms with E-state index in [1.807, 2.05) is 6.07 Å². The molecule has 1 saturated heterocycles. The summed E-state index contributed by atoms with van der Waals surface area (Å²) in [4.78, 5) is 1.47. The van der Waals surface area contributed by atoms with Crippen molar-refractivity contribution in [1.29, 1.82) is 5.26 Å². The number of nitrogens with zero attached hydrogens (tertiary/aromatic N) is 2. The van der Waals surface area contributed by atoms with Crippen LogP contribution in [0.1, 0.15) is 18.4 Å². The van der Waals surface area contributed by atoms with Crippen LogP contribution in [0.2, 0.25) is 0 Å². The van der Waals surface area contributed by atoms with Crippen LogP contribution in [0.3, 0.4) is 0 Å². The molecule has 0 amide bonds. The summed E-state index contributed by atoms with van der Waals surface area (Å²) in [6, 6.07) is 7.38. The monoisotopic (exact) mass is 375 g/mol. The van der Waals surface area contributed by atoms with Crippen molar-refractivity contribution >= 4 is 21.6 Å². The molecule has 3 nitrogen and oxygen atoms in total. The number of anilines is 1. The number of hydrogen-bond donors (Lipinski definition) is 1. The predicted molar refractivity (Wildman–Crippen MR) is 82.6 cm³/mol. The number of alkyl halides is 3. The maximum atomic E-state index is 12.3. The van der Waals surface area contributed by atoms with Gasteiger partial charge in [0.05, 0.1) is 18.2 Å². The number of nitriles is 1. The molecule has 0 bridgehead atoms. The Morgan fingerprint density at radius 1 is 1.32 bits per heavy atom. The zero-order valence-corrected chi connectivity index (χ0v) is 13.5. The highest BCUT2D eigenvalue weighted by molar-refractivity contribution is 9.10. The number of hydrogen-bond acceptors (Lipinski definition) is 3.